The largest absolute Gasteiger partial charge is 0.497 e. The molecule has 2 saturated heterocycles. The molecule has 0 spiro atoms. The molecule has 188 valence electrons. The Balaban J connectivity index is 1.36. The number of hydrogen-bond acceptors (Lipinski definition) is 7. The standard InChI is InChI=1S/C27H36N4O4/c1-33-21-8-7-20-17-22(27(32)28-9-10-29-13-15-35-16-14-29)25-19-30(11-12-31(25)24(20)18-21)23-5-3-4-6-26(23)34-2/h3-8,18,22,25H,9-17,19H2,1-2H3,(H,28,32). The molecule has 2 unspecified atom stereocenters. The summed E-state index contributed by atoms with van der Waals surface area (Å²) in [6.45, 7) is 7.37. The van der Waals surface area contributed by atoms with E-state index in [1.165, 1.54) is 11.3 Å². The van der Waals surface area contributed by atoms with Crippen LogP contribution < -0.4 is 24.6 Å². The Bertz CT molecular complexity index is 1030. The molecular weight excluding hydrogens is 444 g/mol. The molecule has 8 nitrogen and oxygen atoms in total. The van der Waals surface area contributed by atoms with Gasteiger partial charge in [-0.2, -0.15) is 0 Å². The zero-order valence-corrected chi connectivity index (χ0v) is 20.7. The number of anilines is 2. The highest BCUT2D eigenvalue weighted by Gasteiger charge is 2.42. The molecule has 2 atom stereocenters. The molecule has 3 aliphatic rings. The minimum Gasteiger partial charge on any atom is -0.497 e. The number of fused-ring (bicyclic) bond motifs is 3. The predicted molar refractivity (Wildman–Crippen MR) is 137 cm³/mol. The average molecular weight is 481 g/mol. The first-order valence-electron chi connectivity index (χ1n) is 12.6. The molecule has 1 N–H and O–H groups in total. The number of nitrogens with zero attached hydrogens (tertiary/aromatic N) is 3. The van der Waals surface area contributed by atoms with Crippen molar-refractivity contribution < 1.29 is 19.0 Å². The summed E-state index contributed by atoms with van der Waals surface area (Å²) in [6.07, 6.45) is 0.726. The molecule has 8 heteroatoms. The third-order valence-electron chi connectivity index (χ3n) is 7.52. The summed E-state index contributed by atoms with van der Waals surface area (Å²) in [4.78, 5) is 20.7. The van der Waals surface area contributed by atoms with Gasteiger partial charge in [0.15, 0.2) is 0 Å². The summed E-state index contributed by atoms with van der Waals surface area (Å²) in [7, 11) is 3.41. The number of carbonyl (C=O) groups is 1. The van der Waals surface area contributed by atoms with Crippen LogP contribution in [0.5, 0.6) is 11.5 Å². The summed E-state index contributed by atoms with van der Waals surface area (Å²) < 4.78 is 16.6. The second-order valence-electron chi connectivity index (χ2n) is 9.43. The molecular formula is C27H36N4O4. The fourth-order valence-electron chi connectivity index (χ4n) is 5.61. The summed E-state index contributed by atoms with van der Waals surface area (Å²) in [5.74, 6) is 1.73. The molecule has 1 amide bonds. The van der Waals surface area contributed by atoms with Crippen molar-refractivity contribution in [2.75, 3.05) is 83.0 Å². The monoisotopic (exact) mass is 480 g/mol. The van der Waals surface area contributed by atoms with Crippen LogP contribution in [-0.2, 0) is 16.0 Å². The molecule has 0 bridgehead atoms. The molecule has 2 aromatic carbocycles. The van der Waals surface area contributed by atoms with Crippen LogP contribution in [0.3, 0.4) is 0 Å². The number of ether oxygens (including phenoxy) is 3. The first-order chi connectivity index (χ1) is 17.2. The van der Waals surface area contributed by atoms with E-state index >= 15 is 0 Å². The van der Waals surface area contributed by atoms with E-state index in [4.69, 9.17) is 14.2 Å². The van der Waals surface area contributed by atoms with Crippen LogP contribution in [0.1, 0.15) is 5.56 Å². The lowest BCUT2D eigenvalue weighted by Gasteiger charge is -2.49. The molecule has 3 heterocycles. The maximum absolute atomic E-state index is 13.5. The van der Waals surface area contributed by atoms with Gasteiger partial charge in [0.25, 0.3) is 0 Å². The first-order valence-corrected chi connectivity index (χ1v) is 12.6. The zero-order chi connectivity index (χ0) is 24.2. The number of amides is 1. The highest BCUT2D eigenvalue weighted by atomic mass is 16.5. The number of piperazine rings is 1. The normalized spacial score (nSPS) is 22.2. The predicted octanol–water partition coefficient (Wildman–Crippen LogP) is 2.02. The van der Waals surface area contributed by atoms with Gasteiger partial charge in [-0.05, 0) is 30.2 Å². The quantitative estimate of drug-likeness (QED) is 0.651. The Labute approximate surface area is 207 Å². The number of rotatable bonds is 7. The molecule has 0 aromatic heterocycles. The van der Waals surface area contributed by atoms with Gasteiger partial charge in [0.2, 0.25) is 5.91 Å². The van der Waals surface area contributed by atoms with E-state index in [2.05, 4.69) is 38.2 Å². The number of carbonyl (C=O) groups excluding carboxylic acids is 1. The van der Waals surface area contributed by atoms with Crippen LogP contribution in [0.15, 0.2) is 42.5 Å². The van der Waals surface area contributed by atoms with Crippen molar-refractivity contribution in [2.24, 2.45) is 5.92 Å². The lowest BCUT2D eigenvalue weighted by atomic mass is 9.83. The van der Waals surface area contributed by atoms with E-state index < -0.39 is 0 Å². The smallest absolute Gasteiger partial charge is 0.225 e. The minimum absolute atomic E-state index is 0.0663. The van der Waals surface area contributed by atoms with Gasteiger partial charge >= 0.3 is 0 Å². The van der Waals surface area contributed by atoms with E-state index in [1.54, 1.807) is 14.2 Å². The van der Waals surface area contributed by atoms with Crippen LogP contribution in [0.25, 0.3) is 0 Å². The van der Waals surface area contributed by atoms with Crippen LogP contribution >= 0.6 is 0 Å². The third-order valence-corrected chi connectivity index (χ3v) is 7.52. The first kappa shape index (κ1) is 23.8. The Morgan fingerprint density at radius 3 is 2.66 bits per heavy atom. The van der Waals surface area contributed by atoms with Gasteiger partial charge in [-0.3, -0.25) is 9.69 Å². The van der Waals surface area contributed by atoms with Gasteiger partial charge in [-0.1, -0.05) is 18.2 Å². The van der Waals surface area contributed by atoms with Crippen molar-refractivity contribution in [1.29, 1.82) is 0 Å². The molecule has 2 aromatic rings. The van der Waals surface area contributed by atoms with Crippen LogP contribution in [0.2, 0.25) is 0 Å². The maximum atomic E-state index is 13.5. The van der Waals surface area contributed by atoms with Gasteiger partial charge in [-0.15, -0.1) is 0 Å². The van der Waals surface area contributed by atoms with Gasteiger partial charge in [-0.25, -0.2) is 0 Å². The fraction of sp³-hybridized carbons (Fsp3) is 0.519. The number of nitrogens with one attached hydrogen (secondary N) is 1. The second-order valence-corrected chi connectivity index (χ2v) is 9.43. The lowest BCUT2D eigenvalue weighted by Crippen LogP contribution is -2.61. The van der Waals surface area contributed by atoms with Crippen molar-refractivity contribution in [1.82, 2.24) is 10.2 Å². The lowest BCUT2D eigenvalue weighted by molar-refractivity contribution is -0.125. The molecule has 0 saturated carbocycles. The summed E-state index contributed by atoms with van der Waals surface area (Å²) in [5.41, 5.74) is 3.48. The topological polar surface area (TPSA) is 66.5 Å². The van der Waals surface area contributed by atoms with Gasteiger partial charge in [0.1, 0.15) is 11.5 Å². The van der Waals surface area contributed by atoms with Crippen LogP contribution in [0, 0.1) is 5.92 Å². The fourth-order valence-corrected chi connectivity index (χ4v) is 5.61. The number of para-hydroxylation sites is 2. The van der Waals surface area contributed by atoms with Crippen molar-refractivity contribution in [3.05, 3.63) is 48.0 Å². The summed E-state index contributed by atoms with van der Waals surface area (Å²) in [6, 6.07) is 14.4. The molecule has 0 aliphatic carbocycles. The molecule has 0 radical (unpaired) electrons. The van der Waals surface area contributed by atoms with Crippen LogP contribution in [0.4, 0.5) is 11.4 Å². The SMILES string of the molecule is COc1ccc2c(c1)N1CCN(c3ccccc3OC)CC1C(C(=O)NCCN1CCOCC1)C2. The maximum Gasteiger partial charge on any atom is 0.225 e. The van der Waals surface area contributed by atoms with Crippen molar-refractivity contribution in [3.8, 4) is 11.5 Å². The van der Waals surface area contributed by atoms with Gasteiger partial charge in [0, 0.05) is 57.6 Å². The highest BCUT2D eigenvalue weighted by molar-refractivity contribution is 5.82. The average Bonchev–Trinajstić information content (AvgIpc) is 2.92. The van der Waals surface area contributed by atoms with E-state index in [1.807, 2.05) is 24.3 Å². The Kier molecular flexibility index (Phi) is 7.29. The summed E-state index contributed by atoms with van der Waals surface area (Å²) >= 11 is 0. The van der Waals surface area contributed by atoms with E-state index in [-0.39, 0.29) is 17.9 Å². The Morgan fingerprint density at radius 1 is 1.03 bits per heavy atom. The molecule has 35 heavy (non-hydrogen) atoms. The second kappa shape index (κ2) is 10.7. The van der Waals surface area contributed by atoms with Gasteiger partial charge < -0.3 is 29.3 Å². The molecule has 5 rings (SSSR count). The Hall–Kier alpha value is -2.97. The third kappa shape index (κ3) is 5.04. The number of hydrogen-bond donors (Lipinski definition) is 1. The van der Waals surface area contributed by atoms with Crippen molar-refractivity contribution in [2.45, 2.75) is 12.5 Å². The zero-order valence-electron chi connectivity index (χ0n) is 20.7. The molecule has 3 aliphatic heterocycles. The Morgan fingerprint density at radius 2 is 1.86 bits per heavy atom. The minimum atomic E-state index is -0.127. The van der Waals surface area contributed by atoms with Gasteiger partial charge in [0.05, 0.1) is 45.1 Å². The number of benzene rings is 2. The van der Waals surface area contributed by atoms with E-state index in [0.29, 0.717) is 6.54 Å². The van der Waals surface area contributed by atoms with Crippen LogP contribution in [-0.4, -0.2) is 90.1 Å². The highest BCUT2D eigenvalue weighted by Crippen LogP contribution is 2.40. The van der Waals surface area contributed by atoms with E-state index in [0.717, 1.165) is 76.1 Å². The van der Waals surface area contributed by atoms with E-state index in [9.17, 15) is 4.79 Å². The van der Waals surface area contributed by atoms with Crippen molar-refractivity contribution >= 4 is 17.3 Å². The number of methoxy groups -OCH3 is 2. The number of morpholine rings is 1. The summed E-state index contributed by atoms with van der Waals surface area (Å²) in [5, 5.41) is 3.25. The van der Waals surface area contributed by atoms with Crippen molar-refractivity contribution in [3.63, 3.8) is 0 Å². The molecule has 2 fully saturated rings.